The van der Waals surface area contributed by atoms with Gasteiger partial charge >= 0.3 is 5.97 Å². The molecule has 0 radical (unpaired) electrons. The summed E-state index contributed by atoms with van der Waals surface area (Å²) in [6, 6.07) is 5.47. The monoisotopic (exact) mass is 257 g/mol. The Bertz CT molecular complexity index is 508. The molecule has 2 N–H and O–H groups in total. The van der Waals surface area contributed by atoms with Crippen LogP contribution in [0.25, 0.3) is 0 Å². The largest absolute Gasteiger partial charge is 0.462 e. The number of esters is 1. The Morgan fingerprint density at radius 3 is 2.59 bits per heavy atom. The lowest BCUT2D eigenvalue weighted by molar-refractivity contribution is 0.0458. The van der Waals surface area contributed by atoms with Crippen LogP contribution in [0.4, 0.5) is 0 Å². The summed E-state index contributed by atoms with van der Waals surface area (Å²) in [5.41, 5.74) is 0.178. The molecule has 94 valence electrons. The Morgan fingerprint density at radius 1 is 1.41 bits per heavy atom. The average molecular weight is 257 g/mol. The van der Waals surface area contributed by atoms with Gasteiger partial charge in [0.1, 0.15) is 0 Å². The number of carbonyl (C=O) groups excluding carboxylic acids is 1. The van der Waals surface area contributed by atoms with Gasteiger partial charge in [0.25, 0.3) is 0 Å². The molecule has 0 aliphatic rings. The first-order chi connectivity index (χ1) is 7.80. The molecular weight excluding hydrogens is 242 g/mol. The van der Waals surface area contributed by atoms with Gasteiger partial charge in [-0.3, -0.25) is 0 Å². The number of sulfonamides is 1. The molecule has 0 saturated heterocycles. The normalized spacial score (nSPS) is 11.5. The van der Waals surface area contributed by atoms with Crippen LogP contribution in [0.15, 0.2) is 29.2 Å². The lowest BCUT2D eigenvalue weighted by atomic mass is 10.2. The van der Waals surface area contributed by atoms with Gasteiger partial charge in [-0.25, -0.2) is 18.4 Å². The Morgan fingerprint density at radius 2 is 2.06 bits per heavy atom. The van der Waals surface area contributed by atoms with Crippen molar-refractivity contribution < 1.29 is 17.9 Å². The van der Waals surface area contributed by atoms with Crippen molar-refractivity contribution in [1.29, 1.82) is 0 Å². The predicted octanol–water partition coefficient (Wildman–Crippen LogP) is 1.15. The smallest absolute Gasteiger partial charge is 0.338 e. The molecule has 1 rings (SSSR count). The molecule has 0 saturated carbocycles. The van der Waals surface area contributed by atoms with Gasteiger partial charge in [-0.05, 0) is 24.1 Å². The maximum atomic E-state index is 11.6. The zero-order valence-electron chi connectivity index (χ0n) is 9.71. The molecule has 5 nitrogen and oxygen atoms in total. The summed E-state index contributed by atoms with van der Waals surface area (Å²) >= 11 is 0. The fraction of sp³-hybridized carbons (Fsp3) is 0.364. The van der Waals surface area contributed by atoms with Gasteiger partial charge in [-0.1, -0.05) is 19.9 Å². The van der Waals surface area contributed by atoms with Crippen LogP contribution in [0.3, 0.4) is 0 Å². The number of benzene rings is 1. The van der Waals surface area contributed by atoms with E-state index in [0.717, 1.165) is 0 Å². The molecule has 0 amide bonds. The first-order valence-electron chi connectivity index (χ1n) is 5.10. The van der Waals surface area contributed by atoms with Crippen molar-refractivity contribution in [2.24, 2.45) is 11.1 Å². The average Bonchev–Trinajstić information content (AvgIpc) is 2.25. The summed E-state index contributed by atoms with van der Waals surface area (Å²) in [5, 5.41) is 4.97. The summed E-state index contributed by atoms with van der Waals surface area (Å²) in [6.45, 7) is 4.11. The minimum atomic E-state index is -3.80. The van der Waals surface area contributed by atoms with Gasteiger partial charge in [0.2, 0.25) is 10.0 Å². The maximum absolute atomic E-state index is 11.6. The van der Waals surface area contributed by atoms with Gasteiger partial charge in [-0.2, -0.15) is 0 Å². The highest BCUT2D eigenvalue weighted by atomic mass is 32.2. The third kappa shape index (κ3) is 4.16. The fourth-order valence-electron chi connectivity index (χ4n) is 1.13. The van der Waals surface area contributed by atoms with Crippen molar-refractivity contribution in [3.05, 3.63) is 29.8 Å². The van der Waals surface area contributed by atoms with Crippen LogP contribution in [0.2, 0.25) is 0 Å². The Kier molecular flexibility index (Phi) is 4.25. The van der Waals surface area contributed by atoms with Crippen LogP contribution < -0.4 is 5.14 Å². The van der Waals surface area contributed by atoms with Crippen LogP contribution >= 0.6 is 0 Å². The number of carbonyl (C=O) groups is 1. The van der Waals surface area contributed by atoms with Gasteiger partial charge < -0.3 is 4.74 Å². The van der Waals surface area contributed by atoms with Crippen LogP contribution in [-0.2, 0) is 14.8 Å². The van der Waals surface area contributed by atoms with Crippen LogP contribution in [-0.4, -0.2) is 21.0 Å². The molecule has 0 aliphatic heterocycles. The van der Waals surface area contributed by atoms with Crippen molar-refractivity contribution in [2.75, 3.05) is 6.61 Å². The van der Waals surface area contributed by atoms with E-state index in [1.54, 1.807) is 0 Å². The number of ether oxygens (including phenoxy) is 1. The number of hydrogen-bond acceptors (Lipinski definition) is 4. The van der Waals surface area contributed by atoms with E-state index in [9.17, 15) is 13.2 Å². The molecule has 0 aliphatic carbocycles. The van der Waals surface area contributed by atoms with Crippen LogP contribution in [0.5, 0.6) is 0 Å². The first-order valence-corrected chi connectivity index (χ1v) is 6.65. The third-order valence-corrected chi connectivity index (χ3v) is 2.86. The van der Waals surface area contributed by atoms with Crippen molar-refractivity contribution >= 4 is 16.0 Å². The molecule has 0 heterocycles. The van der Waals surface area contributed by atoms with Crippen molar-refractivity contribution in [2.45, 2.75) is 18.7 Å². The van der Waals surface area contributed by atoms with Crippen LogP contribution in [0, 0.1) is 5.92 Å². The van der Waals surface area contributed by atoms with Gasteiger partial charge in [0, 0.05) is 0 Å². The van der Waals surface area contributed by atoms with E-state index in [4.69, 9.17) is 9.88 Å². The second-order valence-electron chi connectivity index (χ2n) is 4.07. The third-order valence-electron chi connectivity index (χ3n) is 1.95. The number of primary sulfonamides is 1. The Hall–Kier alpha value is -1.40. The zero-order chi connectivity index (χ0) is 13.1. The number of nitrogens with two attached hydrogens (primary N) is 1. The quantitative estimate of drug-likeness (QED) is 0.820. The molecule has 6 heteroatoms. The second-order valence-corrected chi connectivity index (χ2v) is 5.63. The van der Waals surface area contributed by atoms with Gasteiger partial charge in [0.15, 0.2) is 0 Å². The lowest BCUT2D eigenvalue weighted by Crippen LogP contribution is -2.14. The Labute approximate surface area is 101 Å². The molecule has 1 aromatic rings. The molecule has 0 aromatic heterocycles. The summed E-state index contributed by atoms with van der Waals surface area (Å²) < 4.78 is 27.2. The summed E-state index contributed by atoms with van der Waals surface area (Å²) in [4.78, 5) is 11.5. The van der Waals surface area contributed by atoms with Gasteiger partial charge in [-0.15, -0.1) is 0 Å². The van der Waals surface area contributed by atoms with Crippen molar-refractivity contribution in [3.63, 3.8) is 0 Å². The lowest BCUT2D eigenvalue weighted by Gasteiger charge is -2.07. The van der Waals surface area contributed by atoms with E-state index in [-0.39, 0.29) is 16.4 Å². The van der Waals surface area contributed by atoms with E-state index in [2.05, 4.69) is 0 Å². The summed E-state index contributed by atoms with van der Waals surface area (Å²) in [5.74, 6) is -0.329. The molecule has 1 aromatic carbocycles. The Balaban J connectivity index is 2.89. The predicted molar refractivity (Wildman–Crippen MR) is 62.9 cm³/mol. The highest BCUT2D eigenvalue weighted by molar-refractivity contribution is 7.89. The molecule has 0 unspecified atom stereocenters. The molecular formula is C11H15NO4S. The SMILES string of the molecule is CC(C)COC(=O)c1cccc(S(N)(=O)=O)c1. The van der Waals surface area contributed by atoms with E-state index in [1.807, 2.05) is 13.8 Å². The standard InChI is InChI=1S/C11H15NO4S/c1-8(2)7-16-11(13)9-4-3-5-10(6-9)17(12,14)15/h3-6,8H,7H2,1-2H3,(H2,12,14,15). The highest BCUT2D eigenvalue weighted by Crippen LogP contribution is 2.11. The van der Waals surface area contributed by atoms with E-state index >= 15 is 0 Å². The fourth-order valence-corrected chi connectivity index (χ4v) is 1.69. The second kappa shape index (κ2) is 5.29. The molecule has 0 spiro atoms. The number of hydrogen-bond donors (Lipinski definition) is 1. The molecule has 0 atom stereocenters. The van der Waals surface area contributed by atoms with Gasteiger partial charge in [0.05, 0.1) is 17.1 Å². The minimum Gasteiger partial charge on any atom is -0.462 e. The molecule has 0 fully saturated rings. The summed E-state index contributed by atoms with van der Waals surface area (Å²) in [6.07, 6.45) is 0. The minimum absolute atomic E-state index is 0.100. The van der Waals surface area contributed by atoms with Crippen LogP contribution in [0.1, 0.15) is 24.2 Å². The highest BCUT2D eigenvalue weighted by Gasteiger charge is 2.13. The van der Waals surface area contributed by atoms with E-state index < -0.39 is 16.0 Å². The van der Waals surface area contributed by atoms with Crippen molar-refractivity contribution in [1.82, 2.24) is 0 Å². The molecule has 17 heavy (non-hydrogen) atoms. The first kappa shape index (κ1) is 13.7. The summed E-state index contributed by atoms with van der Waals surface area (Å²) in [7, 11) is -3.80. The van der Waals surface area contributed by atoms with E-state index in [0.29, 0.717) is 6.61 Å². The van der Waals surface area contributed by atoms with E-state index in [1.165, 1.54) is 24.3 Å². The topological polar surface area (TPSA) is 86.5 Å². The number of rotatable bonds is 4. The molecule has 0 bridgehead atoms. The zero-order valence-corrected chi connectivity index (χ0v) is 10.5. The van der Waals surface area contributed by atoms with Crippen molar-refractivity contribution in [3.8, 4) is 0 Å². The maximum Gasteiger partial charge on any atom is 0.338 e.